The third-order valence-corrected chi connectivity index (χ3v) is 6.69. The first-order valence-electron chi connectivity index (χ1n) is 7.45. The van der Waals surface area contributed by atoms with Crippen molar-refractivity contribution in [2.75, 3.05) is 0 Å². The zero-order valence-corrected chi connectivity index (χ0v) is 12.0. The van der Waals surface area contributed by atoms with Crippen LogP contribution in [0.4, 0.5) is 0 Å². The second-order valence-electron chi connectivity index (χ2n) is 6.71. The predicted octanol–water partition coefficient (Wildman–Crippen LogP) is 3.00. The smallest absolute Gasteiger partial charge is 0.119 e. The molecule has 1 aromatic rings. The predicted molar refractivity (Wildman–Crippen MR) is 76.7 cm³/mol. The molecule has 0 unspecified atom stereocenters. The molecule has 102 valence electrons. The molecule has 4 saturated carbocycles. The Balaban J connectivity index is 1.62. The third kappa shape index (κ3) is 2.09. The van der Waals surface area contributed by atoms with Crippen molar-refractivity contribution in [3.8, 4) is 0 Å². The summed E-state index contributed by atoms with van der Waals surface area (Å²) in [6, 6.07) is 0. The van der Waals surface area contributed by atoms with E-state index in [9.17, 15) is 0 Å². The minimum Gasteiger partial charge on any atom is -0.325 e. The fourth-order valence-electron chi connectivity index (χ4n) is 4.94. The molecule has 0 aromatic carbocycles. The third-order valence-electron chi connectivity index (χ3n) is 5.22. The van der Waals surface area contributed by atoms with Crippen molar-refractivity contribution in [1.82, 2.24) is 9.97 Å². The van der Waals surface area contributed by atoms with E-state index in [0.717, 1.165) is 28.5 Å². The molecule has 1 heterocycles. The number of hydrogen-bond acceptors (Lipinski definition) is 4. The Morgan fingerprint density at radius 2 is 1.63 bits per heavy atom. The normalized spacial score (nSPS) is 39.7. The van der Waals surface area contributed by atoms with Crippen LogP contribution >= 0.6 is 11.8 Å². The van der Waals surface area contributed by atoms with Gasteiger partial charge in [-0.1, -0.05) is 11.8 Å². The van der Waals surface area contributed by atoms with Gasteiger partial charge in [0.15, 0.2) is 0 Å². The Morgan fingerprint density at radius 3 is 2.21 bits per heavy atom. The molecular weight excluding hydrogens is 254 g/mol. The lowest BCUT2D eigenvalue weighted by atomic mass is 9.56. The quantitative estimate of drug-likeness (QED) is 0.921. The maximum Gasteiger partial charge on any atom is 0.119 e. The van der Waals surface area contributed by atoms with Crippen LogP contribution < -0.4 is 5.73 Å². The summed E-state index contributed by atoms with van der Waals surface area (Å²) in [7, 11) is 0. The van der Waals surface area contributed by atoms with Gasteiger partial charge in [-0.2, -0.15) is 0 Å². The van der Waals surface area contributed by atoms with Crippen LogP contribution in [0.25, 0.3) is 0 Å². The van der Waals surface area contributed by atoms with Gasteiger partial charge in [0.05, 0.1) is 5.69 Å². The van der Waals surface area contributed by atoms with Gasteiger partial charge in [0.1, 0.15) is 5.03 Å². The van der Waals surface area contributed by atoms with Crippen LogP contribution in [0.3, 0.4) is 0 Å². The number of nitrogens with zero attached hydrogens (tertiary/aromatic N) is 2. The minimum atomic E-state index is 0.453. The SMILES string of the molecule is NCc1nccnc1SC12CC3CC(CC(C3)C1)C2. The van der Waals surface area contributed by atoms with Gasteiger partial charge in [-0.3, -0.25) is 4.98 Å². The topological polar surface area (TPSA) is 51.8 Å². The summed E-state index contributed by atoms with van der Waals surface area (Å²) in [5.74, 6) is 2.95. The monoisotopic (exact) mass is 275 g/mol. The van der Waals surface area contributed by atoms with E-state index in [0.29, 0.717) is 11.3 Å². The van der Waals surface area contributed by atoms with Gasteiger partial charge in [-0.05, 0) is 56.3 Å². The molecule has 3 nitrogen and oxygen atoms in total. The number of nitrogens with two attached hydrogens (primary N) is 1. The summed E-state index contributed by atoms with van der Waals surface area (Å²) in [4.78, 5) is 8.93. The van der Waals surface area contributed by atoms with E-state index in [1.54, 1.807) is 6.20 Å². The number of rotatable bonds is 3. The molecule has 0 radical (unpaired) electrons. The molecule has 1 aromatic heterocycles. The average molecular weight is 275 g/mol. The first kappa shape index (κ1) is 12.2. The van der Waals surface area contributed by atoms with Gasteiger partial charge in [-0.15, -0.1) is 0 Å². The molecule has 19 heavy (non-hydrogen) atoms. The molecule has 4 heteroatoms. The van der Waals surface area contributed by atoms with Crippen molar-refractivity contribution in [1.29, 1.82) is 0 Å². The fraction of sp³-hybridized carbons (Fsp3) is 0.733. The molecule has 5 rings (SSSR count). The Morgan fingerprint density at radius 1 is 1.05 bits per heavy atom. The van der Waals surface area contributed by atoms with Crippen molar-refractivity contribution >= 4 is 11.8 Å². The van der Waals surface area contributed by atoms with Crippen molar-refractivity contribution in [3.05, 3.63) is 18.1 Å². The van der Waals surface area contributed by atoms with Crippen LogP contribution in [-0.4, -0.2) is 14.7 Å². The molecule has 4 bridgehead atoms. The second-order valence-corrected chi connectivity index (χ2v) is 8.17. The summed E-state index contributed by atoms with van der Waals surface area (Å²) < 4.78 is 0.453. The molecule has 0 atom stereocenters. The van der Waals surface area contributed by atoms with Gasteiger partial charge in [0, 0.05) is 23.7 Å². The fourth-order valence-corrected chi connectivity index (χ4v) is 6.68. The average Bonchev–Trinajstić information content (AvgIpc) is 2.37. The van der Waals surface area contributed by atoms with Crippen LogP contribution in [0.2, 0.25) is 0 Å². The van der Waals surface area contributed by atoms with E-state index in [1.807, 2.05) is 18.0 Å². The van der Waals surface area contributed by atoms with E-state index < -0.39 is 0 Å². The molecule has 2 N–H and O–H groups in total. The lowest BCUT2D eigenvalue weighted by Crippen LogP contribution is -2.48. The Hall–Kier alpha value is -0.610. The minimum absolute atomic E-state index is 0.453. The van der Waals surface area contributed by atoms with E-state index >= 15 is 0 Å². The molecule has 4 aliphatic rings. The molecule has 0 aliphatic heterocycles. The first-order chi connectivity index (χ1) is 9.26. The van der Waals surface area contributed by atoms with E-state index in [2.05, 4.69) is 9.97 Å². The maximum absolute atomic E-state index is 5.80. The number of hydrogen-bond donors (Lipinski definition) is 1. The molecular formula is C15H21N3S. The van der Waals surface area contributed by atoms with E-state index in [4.69, 9.17) is 5.73 Å². The van der Waals surface area contributed by atoms with Crippen LogP contribution in [0.5, 0.6) is 0 Å². The standard InChI is InChI=1S/C15H21N3S/c16-9-13-14(18-2-1-17-13)19-15-6-10-3-11(7-15)5-12(4-10)8-15/h1-2,10-12H,3-9,16H2. The molecule has 0 amide bonds. The van der Waals surface area contributed by atoms with Crippen molar-refractivity contribution < 1.29 is 0 Å². The Bertz CT molecular complexity index is 453. The lowest BCUT2D eigenvalue weighted by Gasteiger charge is -2.56. The Labute approximate surface area is 118 Å². The van der Waals surface area contributed by atoms with Crippen LogP contribution in [0.15, 0.2) is 17.4 Å². The molecule has 4 aliphatic carbocycles. The summed E-state index contributed by atoms with van der Waals surface area (Å²) in [5, 5.41) is 1.09. The van der Waals surface area contributed by atoms with Crippen molar-refractivity contribution in [2.45, 2.75) is 54.8 Å². The Kier molecular flexibility index (Phi) is 2.85. The van der Waals surface area contributed by atoms with Gasteiger partial charge in [0.2, 0.25) is 0 Å². The van der Waals surface area contributed by atoms with Crippen LogP contribution in [0.1, 0.15) is 44.2 Å². The van der Waals surface area contributed by atoms with Crippen LogP contribution in [0, 0.1) is 17.8 Å². The summed E-state index contributed by atoms with van der Waals surface area (Å²) in [5.41, 5.74) is 6.78. The maximum atomic E-state index is 5.80. The van der Waals surface area contributed by atoms with Gasteiger partial charge < -0.3 is 5.73 Å². The highest BCUT2D eigenvalue weighted by molar-refractivity contribution is 8.00. The summed E-state index contributed by atoms with van der Waals surface area (Å²) in [6.07, 6.45) is 12.2. The highest BCUT2D eigenvalue weighted by Crippen LogP contribution is 2.61. The van der Waals surface area contributed by atoms with Crippen molar-refractivity contribution in [3.63, 3.8) is 0 Å². The summed E-state index contributed by atoms with van der Waals surface area (Å²) in [6.45, 7) is 0.503. The second kappa shape index (κ2) is 4.45. The molecule has 0 saturated heterocycles. The number of aromatic nitrogens is 2. The van der Waals surface area contributed by atoms with Gasteiger partial charge >= 0.3 is 0 Å². The van der Waals surface area contributed by atoms with E-state index in [1.165, 1.54) is 38.5 Å². The van der Waals surface area contributed by atoms with Gasteiger partial charge in [0.25, 0.3) is 0 Å². The summed E-state index contributed by atoms with van der Waals surface area (Å²) >= 11 is 2.00. The molecule has 0 spiro atoms. The zero-order valence-electron chi connectivity index (χ0n) is 11.2. The van der Waals surface area contributed by atoms with Gasteiger partial charge in [-0.25, -0.2) is 4.98 Å². The highest BCUT2D eigenvalue weighted by Gasteiger charge is 2.51. The van der Waals surface area contributed by atoms with Crippen LogP contribution in [-0.2, 0) is 6.54 Å². The zero-order chi connectivity index (χ0) is 12.9. The first-order valence-corrected chi connectivity index (χ1v) is 8.27. The lowest BCUT2D eigenvalue weighted by molar-refractivity contribution is 0.0382. The largest absolute Gasteiger partial charge is 0.325 e. The number of thioether (sulfide) groups is 1. The molecule has 4 fully saturated rings. The van der Waals surface area contributed by atoms with Crippen molar-refractivity contribution in [2.24, 2.45) is 23.5 Å². The van der Waals surface area contributed by atoms with E-state index in [-0.39, 0.29) is 0 Å². The highest BCUT2D eigenvalue weighted by atomic mass is 32.2.